The molecule has 1 fully saturated rings. The first-order valence-corrected chi connectivity index (χ1v) is 7.60. The van der Waals surface area contributed by atoms with Gasteiger partial charge in [-0.3, -0.25) is 4.79 Å². The molecule has 1 N–H and O–H groups in total. The monoisotopic (exact) mass is 273 g/mol. The topological polar surface area (TPSA) is 35.6 Å². The van der Waals surface area contributed by atoms with E-state index in [0.717, 1.165) is 44.6 Å². The number of benzene rings is 1. The third-order valence-corrected chi connectivity index (χ3v) is 4.30. The molecule has 0 unspecified atom stereocenters. The van der Waals surface area contributed by atoms with Crippen molar-refractivity contribution in [1.82, 2.24) is 4.90 Å². The molecule has 0 atom stereocenters. The molecule has 0 radical (unpaired) electrons. The van der Waals surface area contributed by atoms with Gasteiger partial charge in [-0.25, -0.2) is 0 Å². The van der Waals surface area contributed by atoms with E-state index < -0.39 is 0 Å². The number of aryl methyl sites for hydroxylation is 1. The molecule has 0 aliphatic carbocycles. The first kappa shape index (κ1) is 13.3. The van der Waals surface area contributed by atoms with E-state index in [-0.39, 0.29) is 5.91 Å². The fraction of sp³-hybridized carbons (Fsp3) is 0.562. The second-order valence-electron chi connectivity index (χ2n) is 5.82. The maximum Gasteiger partial charge on any atom is 0.242 e. The van der Waals surface area contributed by atoms with Crippen LogP contribution in [0.1, 0.15) is 24.8 Å². The van der Waals surface area contributed by atoms with E-state index in [1.165, 1.54) is 17.7 Å². The minimum Gasteiger partial charge on any atom is -0.385 e. The minimum absolute atomic E-state index is 0.251. The fourth-order valence-corrected chi connectivity index (χ4v) is 3.06. The van der Waals surface area contributed by atoms with E-state index in [0.29, 0.717) is 6.54 Å². The molecule has 2 aliphatic rings. The highest BCUT2D eigenvalue weighted by atomic mass is 16.2. The number of rotatable bonds is 3. The van der Waals surface area contributed by atoms with Gasteiger partial charge in [0.25, 0.3) is 0 Å². The quantitative estimate of drug-likeness (QED) is 0.916. The summed E-state index contributed by atoms with van der Waals surface area (Å²) in [5.41, 5.74) is 3.76. The highest BCUT2D eigenvalue weighted by Gasteiger charge is 2.19. The molecule has 2 heterocycles. The largest absolute Gasteiger partial charge is 0.385 e. The van der Waals surface area contributed by atoms with Gasteiger partial charge in [-0.2, -0.15) is 0 Å². The molecular weight excluding hydrogens is 250 g/mol. The van der Waals surface area contributed by atoms with Crippen LogP contribution in [0.2, 0.25) is 0 Å². The number of likely N-dealkylation sites (N-methyl/N-ethyl adjacent to an activating group) is 1. The van der Waals surface area contributed by atoms with Gasteiger partial charge in [0.2, 0.25) is 5.91 Å². The third-order valence-electron chi connectivity index (χ3n) is 4.30. The number of fused-ring (bicyclic) bond motifs is 1. The molecule has 1 amide bonds. The Kier molecular flexibility index (Phi) is 3.81. The van der Waals surface area contributed by atoms with Crippen LogP contribution in [-0.2, 0) is 11.2 Å². The number of carbonyl (C=O) groups is 1. The summed E-state index contributed by atoms with van der Waals surface area (Å²) in [6.45, 7) is 3.41. The number of amides is 1. The molecule has 1 saturated heterocycles. The average molecular weight is 273 g/mol. The summed E-state index contributed by atoms with van der Waals surface area (Å²) in [5.74, 6) is 0.251. The van der Waals surface area contributed by atoms with Crippen LogP contribution in [-0.4, -0.2) is 44.0 Å². The van der Waals surface area contributed by atoms with E-state index in [1.807, 2.05) is 11.9 Å². The smallest absolute Gasteiger partial charge is 0.242 e. The van der Waals surface area contributed by atoms with Crippen LogP contribution >= 0.6 is 0 Å². The number of hydrogen-bond donors (Lipinski definition) is 1. The number of likely N-dealkylation sites (tertiary alicyclic amines) is 1. The van der Waals surface area contributed by atoms with Crippen LogP contribution in [0.4, 0.5) is 11.4 Å². The fourth-order valence-electron chi connectivity index (χ4n) is 3.06. The van der Waals surface area contributed by atoms with Gasteiger partial charge in [-0.05, 0) is 49.4 Å². The lowest BCUT2D eigenvalue weighted by atomic mass is 10.0. The highest BCUT2D eigenvalue weighted by Crippen LogP contribution is 2.26. The number of carbonyl (C=O) groups excluding carboxylic acids is 1. The molecule has 0 bridgehead atoms. The first-order chi connectivity index (χ1) is 9.74. The molecule has 4 heteroatoms. The maximum absolute atomic E-state index is 12.2. The second-order valence-corrected chi connectivity index (χ2v) is 5.82. The van der Waals surface area contributed by atoms with Gasteiger partial charge in [0.05, 0.1) is 6.54 Å². The summed E-state index contributed by atoms with van der Waals surface area (Å²) in [7, 11) is 2.01. The summed E-state index contributed by atoms with van der Waals surface area (Å²) in [6.07, 6.45) is 4.62. The van der Waals surface area contributed by atoms with Crippen molar-refractivity contribution in [1.29, 1.82) is 0 Å². The zero-order valence-electron chi connectivity index (χ0n) is 12.2. The van der Waals surface area contributed by atoms with Crippen molar-refractivity contribution in [2.45, 2.75) is 25.7 Å². The molecule has 0 aromatic heterocycles. The summed E-state index contributed by atoms with van der Waals surface area (Å²) in [4.78, 5) is 16.2. The van der Waals surface area contributed by atoms with Crippen LogP contribution < -0.4 is 10.2 Å². The average Bonchev–Trinajstić information content (AvgIpc) is 3.01. The van der Waals surface area contributed by atoms with Crippen molar-refractivity contribution in [3.05, 3.63) is 23.8 Å². The summed E-state index contributed by atoms with van der Waals surface area (Å²) < 4.78 is 0. The molecule has 1 aromatic carbocycles. The van der Waals surface area contributed by atoms with Crippen LogP contribution in [0.3, 0.4) is 0 Å². The molecule has 20 heavy (non-hydrogen) atoms. The minimum atomic E-state index is 0.251. The Bertz CT molecular complexity index is 494. The standard InChI is InChI=1S/C16H23N3O/c1-18(12-16(20)19-9-2-3-10-19)14-6-7-15-13(11-14)5-4-8-17-15/h6-7,11,17H,2-5,8-10,12H2,1H3. The normalized spacial score (nSPS) is 17.6. The lowest BCUT2D eigenvalue weighted by molar-refractivity contribution is -0.128. The molecular formula is C16H23N3O. The van der Waals surface area contributed by atoms with Crippen molar-refractivity contribution >= 4 is 17.3 Å². The molecule has 2 aliphatic heterocycles. The number of nitrogens with zero attached hydrogens (tertiary/aromatic N) is 2. The summed E-state index contributed by atoms with van der Waals surface area (Å²) in [6, 6.07) is 6.47. The van der Waals surface area contributed by atoms with Crippen LogP contribution in [0.15, 0.2) is 18.2 Å². The Labute approximate surface area is 120 Å². The van der Waals surface area contributed by atoms with Crippen molar-refractivity contribution in [3.63, 3.8) is 0 Å². The summed E-state index contributed by atoms with van der Waals surface area (Å²) >= 11 is 0. The van der Waals surface area contributed by atoms with Gasteiger partial charge < -0.3 is 15.1 Å². The van der Waals surface area contributed by atoms with E-state index in [9.17, 15) is 4.79 Å². The van der Waals surface area contributed by atoms with E-state index in [2.05, 4.69) is 28.4 Å². The van der Waals surface area contributed by atoms with Crippen molar-refractivity contribution < 1.29 is 4.79 Å². The van der Waals surface area contributed by atoms with Crippen molar-refractivity contribution in [2.75, 3.05) is 43.4 Å². The Hall–Kier alpha value is -1.71. The van der Waals surface area contributed by atoms with Crippen LogP contribution in [0.5, 0.6) is 0 Å². The predicted octanol–water partition coefficient (Wildman–Crippen LogP) is 2.10. The van der Waals surface area contributed by atoms with Gasteiger partial charge in [-0.15, -0.1) is 0 Å². The van der Waals surface area contributed by atoms with E-state index in [1.54, 1.807) is 0 Å². The third kappa shape index (κ3) is 2.74. The van der Waals surface area contributed by atoms with Gasteiger partial charge in [0.1, 0.15) is 0 Å². The Morgan fingerprint density at radius 1 is 1.30 bits per heavy atom. The molecule has 0 spiro atoms. The van der Waals surface area contributed by atoms with Crippen LogP contribution in [0.25, 0.3) is 0 Å². The second kappa shape index (κ2) is 5.73. The SMILES string of the molecule is CN(CC(=O)N1CCCC1)c1ccc2c(c1)CCCN2. The van der Waals surface area contributed by atoms with E-state index in [4.69, 9.17) is 0 Å². The molecule has 3 rings (SSSR count). The van der Waals surface area contributed by atoms with Crippen LogP contribution in [0, 0.1) is 0 Å². The zero-order valence-corrected chi connectivity index (χ0v) is 12.2. The predicted molar refractivity (Wildman–Crippen MR) is 82.3 cm³/mol. The van der Waals surface area contributed by atoms with Gasteiger partial charge in [0, 0.05) is 38.1 Å². The van der Waals surface area contributed by atoms with E-state index >= 15 is 0 Å². The lowest BCUT2D eigenvalue weighted by Crippen LogP contribution is -2.37. The number of hydrogen-bond acceptors (Lipinski definition) is 3. The lowest BCUT2D eigenvalue weighted by Gasteiger charge is -2.25. The number of nitrogens with one attached hydrogen (secondary N) is 1. The van der Waals surface area contributed by atoms with Gasteiger partial charge >= 0.3 is 0 Å². The van der Waals surface area contributed by atoms with Gasteiger partial charge in [0.15, 0.2) is 0 Å². The highest BCUT2D eigenvalue weighted by molar-refractivity contribution is 5.81. The Morgan fingerprint density at radius 3 is 2.90 bits per heavy atom. The van der Waals surface area contributed by atoms with Gasteiger partial charge in [-0.1, -0.05) is 0 Å². The molecule has 1 aromatic rings. The first-order valence-electron chi connectivity index (χ1n) is 7.60. The Morgan fingerprint density at radius 2 is 2.10 bits per heavy atom. The van der Waals surface area contributed by atoms with Crippen molar-refractivity contribution in [3.8, 4) is 0 Å². The molecule has 0 saturated carbocycles. The maximum atomic E-state index is 12.2. The Balaban J connectivity index is 1.67. The zero-order chi connectivity index (χ0) is 13.9. The molecule has 108 valence electrons. The van der Waals surface area contributed by atoms with Crippen molar-refractivity contribution in [2.24, 2.45) is 0 Å². The number of anilines is 2. The summed E-state index contributed by atoms with van der Waals surface area (Å²) in [5, 5.41) is 3.42. The molecule has 4 nitrogen and oxygen atoms in total.